The zero-order chi connectivity index (χ0) is 22.0. The van der Waals surface area contributed by atoms with Gasteiger partial charge >= 0.3 is 6.18 Å². The van der Waals surface area contributed by atoms with Gasteiger partial charge in [0.15, 0.2) is 0 Å². The lowest BCUT2D eigenvalue weighted by Gasteiger charge is -2.20. The number of benzene rings is 1. The third-order valence-electron chi connectivity index (χ3n) is 5.29. The Kier molecular flexibility index (Phi) is 5.67. The van der Waals surface area contributed by atoms with Crippen LogP contribution in [0.1, 0.15) is 46.0 Å². The zero-order valence-corrected chi connectivity index (χ0v) is 16.9. The van der Waals surface area contributed by atoms with E-state index in [4.69, 9.17) is 0 Å². The van der Waals surface area contributed by atoms with Crippen LogP contribution in [0.15, 0.2) is 65.9 Å². The average Bonchev–Trinajstić information content (AvgIpc) is 3.15. The van der Waals surface area contributed by atoms with Gasteiger partial charge in [-0.1, -0.05) is 30.3 Å². The fraction of sp³-hybridized carbons (Fsp3) is 0.250. The van der Waals surface area contributed by atoms with Crippen LogP contribution in [0.5, 0.6) is 0 Å². The van der Waals surface area contributed by atoms with Gasteiger partial charge in [0.05, 0.1) is 18.2 Å². The number of halogens is 3. The van der Waals surface area contributed by atoms with Gasteiger partial charge in [-0.05, 0) is 36.2 Å². The Morgan fingerprint density at radius 1 is 1.10 bits per heavy atom. The molecule has 4 rings (SSSR count). The maximum atomic E-state index is 13.5. The lowest BCUT2D eigenvalue weighted by atomic mass is 9.91. The van der Waals surface area contributed by atoms with Crippen LogP contribution in [0, 0.1) is 6.92 Å². The lowest BCUT2D eigenvalue weighted by molar-refractivity contribution is -0.156. The summed E-state index contributed by atoms with van der Waals surface area (Å²) in [5.41, 5.74) is 4.97. The third-order valence-corrected chi connectivity index (χ3v) is 5.29. The van der Waals surface area contributed by atoms with E-state index in [-0.39, 0.29) is 12.0 Å². The van der Waals surface area contributed by atoms with Gasteiger partial charge in [-0.15, -0.1) is 0 Å². The molecule has 2 aromatic heterocycles. The van der Waals surface area contributed by atoms with E-state index in [1.165, 1.54) is 12.1 Å². The summed E-state index contributed by atoms with van der Waals surface area (Å²) in [5.74, 6) is -2.32. The number of alkyl halides is 3. The van der Waals surface area contributed by atoms with Crippen molar-refractivity contribution in [2.45, 2.75) is 38.4 Å². The van der Waals surface area contributed by atoms with Crippen molar-refractivity contribution in [2.24, 2.45) is 4.99 Å². The molecule has 1 aliphatic rings. The number of ketones is 1. The van der Waals surface area contributed by atoms with Crippen molar-refractivity contribution in [1.29, 1.82) is 0 Å². The van der Waals surface area contributed by atoms with Gasteiger partial charge in [-0.25, -0.2) is 0 Å². The van der Waals surface area contributed by atoms with Crippen molar-refractivity contribution < 1.29 is 18.0 Å². The number of aromatic nitrogens is 2. The Bertz CT molecular complexity index is 1140. The van der Waals surface area contributed by atoms with Crippen molar-refractivity contribution in [2.75, 3.05) is 0 Å². The minimum atomic E-state index is -4.49. The standard InChI is InChI=1S/C24H20F3N3O/c1-15-9-17(7-8-28-15)23-21-14-29-19(10-18(21)13-30-23)11-20(31)12-22(24(25,26)27)16-5-3-2-4-6-16/h2-10,14,22H,11-13H2,1H3/t22-/m0/s1. The molecule has 3 aromatic rings. The molecule has 3 heterocycles. The molecule has 31 heavy (non-hydrogen) atoms. The van der Waals surface area contributed by atoms with E-state index in [0.717, 1.165) is 28.1 Å². The van der Waals surface area contributed by atoms with E-state index in [9.17, 15) is 18.0 Å². The van der Waals surface area contributed by atoms with Crippen LogP contribution in [0.25, 0.3) is 0 Å². The fourth-order valence-electron chi connectivity index (χ4n) is 3.79. The number of pyridine rings is 2. The highest BCUT2D eigenvalue weighted by atomic mass is 19.4. The summed E-state index contributed by atoms with van der Waals surface area (Å²) in [6.07, 6.45) is -1.87. The third kappa shape index (κ3) is 4.71. The molecule has 7 heteroatoms. The first-order valence-electron chi connectivity index (χ1n) is 9.90. The normalized spacial score (nSPS) is 14.1. The first-order valence-corrected chi connectivity index (χ1v) is 9.90. The number of Topliss-reactive ketones (excluding diaryl/α,β-unsaturated/α-hetero) is 1. The molecule has 0 spiro atoms. The second-order valence-corrected chi connectivity index (χ2v) is 7.61. The van der Waals surface area contributed by atoms with E-state index in [1.807, 2.05) is 19.1 Å². The summed E-state index contributed by atoms with van der Waals surface area (Å²) < 4.78 is 40.6. The molecule has 0 bridgehead atoms. The SMILES string of the molecule is Cc1cc(C2=NCc3cc(CC(=O)C[C@@H](c4ccccc4)C(F)(F)F)ncc32)ccn1. The molecule has 0 aliphatic carbocycles. The second-order valence-electron chi connectivity index (χ2n) is 7.61. The first-order chi connectivity index (χ1) is 14.8. The summed E-state index contributed by atoms with van der Waals surface area (Å²) in [4.78, 5) is 25.6. The molecule has 0 radical (unpaired) electrons. The van der Waals surface area contributed by atoms with Gasteiger partial charge in [0, 0.05) is 47.8 Å². The first kappa shape index (κ1) is 20.9. The second kappa shape index (κ2) is 8.41. The van der Waals surface area contributed by atoms with Crippen LogP contribution in [-0.4, -0.2) is 27.6 Å². The summed E-state index contributed by atoms with van der Waals surface area (Å²) >= 11 is 0. The molecule has 1 aliphatic heterocycles. The Morgan fingerprint density at radius 2 is 1.87 bits per heavy atom. The topological polar surface area (TPSA) is 55.2 Å². The van der Waals surface area contributed by atoms with E-state index >= 15 is 0 Å². The van der Waals surface area contributed by atoms with Crippen molar-refractivity contribution in [3.05, 3.63) is 94.6 Å². The average molecular weight is 423 g/mol. The number of aliphatic imine (C=N–C) groups is 1. The minimum absolute atomic E-state index is 0.0935. The molecule has 0 amide bonds. The number of carbonyl (C=O) groups excluding carboxylic acids is 1. The van der Waals surface area contributed by atoms with Crippen molar-refractivity contribution >= 4 is 11.5 Å². The molecule has 0 N–H and O–H groups in total. The van der Waals surface area contributed by atoms with E-state index in [0.29, 0.717) is 12.2 Å². The number of carbonyl (C=O) groups is 1. The quantitative estimate of drug-likeness (QED) is 0.562. The van der Waals surface area contributed by atoms with Gasteiger partial charge < -0.3 is 0 Å². The highest BCUT2D eigenvalue weighted by Crippen LogP contribution is 2.37. The van der Waals surface area contributed by atoms with Gasteiger partial charge in [-0.2, -0.15) is 13.2 Å². The number of rotatable bonds is 6. The molecule has 4 nitrogen and oxygen atoms in total. The molecule has 158 valence electrons. The van der Waals surface area contributed by atoms with Gasteiger partial charge in [0.25, 0.3) is 0 Å². The van der Waals surface area contributed by atoms with Crippen LogP contribution < -0.4 is 0 Å². The predicted octanol–water partition coefficient (Wildman–Crippen LogP) is 4.98. The molecular weight excluding hydrogens is 403 g/mol. The molecule has 0 saturated carbocycles. The fourth-order valence-corrected chi connectivity index (χ4v) is 3.79. The molecule has 0 fully saturated rings. The van der Waals surface area contributed by atoms with Crippen LogP contribution in [-0.2, 0) is 17.8 Å². The monoisotopic (exact) mass is 423 g/mol. The Morgan fingerprint density at radius 3 is 2.58 bits per heavy atom. The summed E-state index contributed by atoms with van der Waals surface area (Å²) in [6, 6.07) is 13.1. The smallest absolute Gasteiger partial charge is 0.299 e. The van der Waals surface area contributed by atoms with Gasteiger partial charge in [0.2, 0.25) is 0 Å². The maximum Gasteiger partial charge on any atom is 0.396 e. The van der Waals surface area contributed by atoms with Crippen LogP contribution in [0.3, 0.4) is 0 Å². The Hall–Kier alpha value is -3.35. The molecule has 0 saturated heterocycles. The minimum Gasteiger partial charge on any atom is -0.299 e. The van der Waals surface area contributed by atoms with E-state index in [2.05, 4.69) is 15.0 Å². The number of hydrogen-bond donors (Lipinski definition) is 0. The Labute approximate surface area is 177 Å². The zero-order valence-electron chi connectivity index (χ0n) is 16.9. The van der Waals surface area contributed by atoms with E-state index in [1.54, 1.807) is 36.7 Å². The summed E-state index contributed by atoms with van der Waals surface area (Å²) in [6.45, 7) is 2.35. The number of nitrogens with zero attached hydrogens (tertiary/aromatic N) is 3. The molecular formula is C24H20F3N3O. The predicted molar refractivity (Wildman–Crippen MR) is 111 cm³/mol. The van der Waals surface area contributed by atoms with Gasteiger partial charge in [-0.3, -0.25) is 19.8 Å². The molecule has 0 unspecified atom stereocenters. The largest absolute Gasteiger partial charge is 0.396 e. The van der Waals surface area contributed by atoms with Gasteiger partial charge in [0.1, 0.15) is 5.78 Å². The van der Waals surface area contributed by atoms with Crippen LogP contribution >= 0.6 is 0 Å². The Balaban J connectivity index is 1.49. The van der Waals surface area contributed by atoms with Crippen molar-refractivity contribution in [3.63, 3.8) is 0 Å². The van der Waals surface area contributed by atoms with Crippen LogP contribution in [0.2, 0.25) is 0 Å². The van der Waals surface area contributed by atoms with E-state index < -0.39 is 24.3 Å². The number of hydrogen-bond acceptors (Lipinski definition) is 4. The molecule has 1 atom stereocenters. The van der Waals surface area contributed by atoms with Crippen molar-refractivity contribution in [3.8, 4) is 0 Å². The van der Waals surface area contributed by atoms with Crippen LogP contribution in [0.4, 0.5) is 13.2 Å². The maximum absolute atomic E-state index is 13.5. The highest BCUT2D eigenvalue weighted by Gasteiger charge is 2.41. The number of fused-ring (bicyclic) bond motifs is 1. The van der Waals surface area contributed by atoms with Crippen molar-refractivity contribution in [1.82, 2.24) is 9.97 Å². The lowest BCUT2D eigenvalue weighted by Crippen LogP contribution is -2.24. The molecule has 1 aromatic carbocycles. The number of aryl methyl sites for hydroxylation is 1. The highest BCUT2D eigenvalue weighted by molar-refractivity contribution is 6.15. The summed E-state index contributed by atoms with van der Waals surface area (Å²) in [7, 11) is 0. The summed E-state index contributed by atoms with van der Waals surface area (Å²) in [5, 5.41) is 0.